The van der Waals surface area contributed by atoms with E-state index in [1.807, 2.05) is 6.92 Å². The molecule has 1 aliphatic heterocycles. The van der Waals surface area contributed by atoms with Crippen LogP contribution in [0.5, 0.6) is 0 Å². The third kappa shape index (κ3) is 5.36. The molecule has 9 heteroatoms. The first-order chi connectivity index (χ1) is 17.1. The molecule has 1 aliphatic rings. The number of benzene rings is 2. The van der Waals surface area contributed by atoms with Crippen LogP contribution in [-0.4, -0.2) is 34.2 Å². The number of alkyl halides is 3. The lowest BCUT2D eigenvalue weighted by atomic mass is 9.84. The molecule has 1 amide bonds. The first kappa shape index (κ1) is 25.6. The highest BCUT2D eigenvalue weighted by atomic mass is 19.4. The minimum absolute atomic E-state index is 0.0548. The van der Waals surface area contributed by atoms with Crippen molar-refractivity contribution in [2.45, 2.75) is 44.0 Å². The fourth-order valence-corrected chi connectivity index (χ4v) is 4.51. The molecule has 190 valence electrons. The third-order valence-electron chi connectivity index (χ3n) is 6.63. The SMILES string of the molecule is C[C@@H](c1ccc(-c2ccc(C(F)(F)F)cn2)cc1)N1CC[C@](CCCO)(c2ccc(F)cc2)OC1=O. The number of ether oxygens (including phenoxy) is 1. The molecule has 0 radical (unpaired) electrons. The van der Waals surface area contributed by atoms with Gasteiger partial charge in [-0.05, 0) is 55.2 Å². The molecular weight excluding hydrogens is 476 g/mol. The summed E-state index contributed by atoms with van der Waals surface area (Å²) in [7, 11) is 0. The smallest absolute Gasteiger partial charge is 0.417 e. The zero-order valence-electron chi connectivity index (χ0n) is 19.6. The highest BCUT2D eigenvalue weighted by Crippen LogP contribution is 2.40. The second kappa shape index (κ2) is 10.3. The molecule has 0 unspecified atom stereocenters. The Kier molecular flexibility index (Phi) is 7.31. The fraction of sp³-hybridized carbons (Fsp3) is 0.333. The van der Waals surface area contributed by atoms with Crippen molar-refractivity contribution in [2.75, 3.05) is 13.2 Å². The Morgan fingerprint density at radius 2 is 1.78 bits per heavy atom. The molecule has 1 saturated heterocycles. The van der Waals surface area contributed by atoms with Gasteiger partial charge < -0.3 is 14.7 Å². The second-order valence-electron chi connectivity index (χ2n) is 8.87. The first-order valence-corrected chi connectivity index (χ1v) is 11.6. The van der Waals surface area contributed by atoms with Crippen LogP contribution in [-0.2, 0) is 16.5 Å². The number of pyridine rings is 1. The Balaban J connectivity index is 1.49. The molecule has 0 bridgehead atoms. The lowest BCUT2D eigenvalue weighted by molar-refractivity contribution is -0.137. The van der Waals surface area contributed by atoms with E-state index in [1.165, 1.54) is 18.2 Å². The number of aliphatic hydroxyl groups excluding tert-OH is 1. The van der Waals surface area contributed by atoms with Crippen molar-refractivity contribution in [1.82, 2.24) is 9.88 Å². The molecule has 3 aromatic rings. The lowest BCUT2D eigenvalue weighted by Crippen LogP contribution is -2.48. The van der Waals surface area contributed by atoms with Gasteiger partial charge in [0.05, 0.1) is 17.3 Å². The highest BCUT2D eigenvalue weighted by molar-refractivity contribution is 5.70. The van der Waals surface area contributed by atoms with E-state index in [9.17, 15) is 27.5 Å². The number of aromatic nitrogens is 1. The molecule has 0 saturated carbocycles. The number of cyclic esters (lactones) is 1. The number of halogens is 4. The zero-order chi connectivity index (χ0) is 25.9. The molecule has 2 heterocycles. The fourth-order valence-electron chi connectivity index (χ4n) is 4.51. The molecule has 4 rings (SSSR count). The predicted molar refractivity (Wildman–Crippen MR) is 125 cm³/mol. The van der Waals surface area contributed by atoms with Gasteiger partial charge in [-0.25, -0.2) is 9.18 Å². The van der Waals surface area contributed by atoms with Gasteiger partial charge in [0.25, 0.3) is 0 Å². The summed E-state index contributed by atoms with van der Waals surface area (Å²) in [5.41, 5.74) is 0.823. The van der Waals surface area contributed by atoms with Crippen LogP contribution in [0, 0.1) is 5.82 Å². The summed E-state index contributed by atoms with van der Waals surface area (Å²) in [6.45, 7) is 2.21. The Morgan fingerprint density at radius 1 is 1.08 bits per heavy atom. The number of rotatable bonds is 7. The number of nitrogens with zero attached hydrogens (tertiary/aromatic N) is 2. The van der Waals surface area contributed by atoms with E-state index in [4.69, 9.17) is 4.74 Å². The van der Waals surface area contributed by atoms with Crippen molar-refractivity contribution in [3.63, 3.8) is 0 Å². The van der Waals surface area contributed by atoms with E-state index < -0.39 is 23.4 Å². The van der Waals surface area contributed by atoms with E-state index in [2.05, 4.69) is 4.98 Å². The van der Waals surface area contributed by atoms with Crippen LogP contribution in [0.3, 0.4) is 0 Å². The van der Waals surface area contributed by atoms with Gasteiger partial charge in [-0.2, -0.15) is 13.2 Å². The second-order valence-corrected chi connectivity index (χ2v) is 8.87. The van der Waals surface area contributed by atoms with Gasteiger partial charge >= 0.3 is 12.3 Å². The zero-order valence-corrected chi connectivity index (χ0v) is 19.6. The van der Waals surface area contributed by atoms with Gasteiger partial charge in [0.15, 0.2) is 0 Å². The van der Waals surface area contributed by atoms with Gasteiger partial charge in [-0.1, -0.05) is 36.4 Å². The number of carbonyl (C=O) groups is 1. The Morgan fingerprint density at radius 3 is 2.33 bits per heavy atom. The van der Waals surface area contributed by atoms with Crippen molar-refractivity contribution < 1.29 is 32.2 Å². The minimum Gasteiger partial charge on any atom is -0.438 e. The molecule has 1 N–H and O–H groups in total. The van der Waals surface area contributed by atoms with Crippen LogP contribution < -0.4 is 0 Å². The van der Waals surface area contributed by atoms with Gasteiger partial charge in [0, 0.05) is 31.3 Å². The summed E-state index contributed by atoms with van der Waals surface area (Å²) in [5, 5.41) is 9.35. The van der Waals surface area contributed by atoms with Gasteiger partial charge in [-0.3, -0.25) is 4.98 Å². The normalized spacial score (nSPS) is 19.2. The highest BCUT2D eigenvalue weighted by Gasteiger charge is 2.43. The van der Waals surface area contributed by atoms with Crippen LogP contribution in [0.2, 0.25) is 0 Å². The predicted octanol–water partition coefficient (Wildman–Crippen LogP) is 6.48. The summed E-state index contributed by atoms with van der Waals surface area (Å²) in [6.07, 6.45) is -2.83. The molecule has 1 aromatic heterocycles. The lowest BCUT2D eigenvalue weighted by Gasteiger charge is -2.43. The first-order valence-electron chi connectivity index (χ1n) is 11.6. The summed E-state index contributed by atoms with van der Waals surface area (Å²) in [4.78, 5) is 18.6. The number of aliphatic hydroxyl groups is 1. The summed E-state index contributed by atoms with van der Waals surface area (Å²) < 4.78 is 57.8. The van der Waals surface area contributed by atoms with Crippen molar-refractivity contribution in [3.8, 4) is 11.3 Å². The topological polar surface area (TPSA) is 62.7 Å². The Hall–Kier alpha value is -3.46. The van der Waals surface area contributed by atoms with Crippen LogP contribution in [0.25, 0.3) is 11.3 Å². The quantitative estimate of drug-likeness (QED) is 0.376. The number of hydrogen-bond acceptors (Lipinski definition) is 4. The van der Waals surface area contributed by atoms with E-state index in [1.54, 1.807) is 41.3 Å². The van der Waals surface area contributed by atoms with Crippen LogP contribution in [0.4, 0.5) is 22.4 Å². The van der Waals surface area contributed by atoms with Crippen LogP contribution in [0.1, 0.15) is 48.9 Å². The molecule has 36 heavy (non-hydrogen) atoms. The van der Waals surface area contributed by atoms with Crippen LogP contribution >= 0.6 is 0 Å². The van der Waals surface area contributed by atoms with Crippen molar-refractivity contribution in [2.24, 2.45) is 0 Å². The minimum atomic E-state index is -4.44. The number of hydrogen-bond donors (Lipinski definition) is 1. The maximum absolute atomic E-state index is 13.5. The maximum Gasteiger partial charge on any atom is 0.417 e. The molecule has 2 aromatic carbocycles. The van der Waals surface area contributed by atoms with Gasteiger partial charge in [0.2, 0.25) is 0 Å². The Bertz CT molecular complexity index is 1180. The summed E-state index contributed by atoms with van der Waals surface area (Å²) in [5.74, 6) is -0.386. The molecule has 1 fully saturated rings. The summed E-state index contributed by atoms with van der Waals surface area (Å²) in [6, 6.07) is 15.0. The largest absolute Gasteiger partial charge is 0.438 e. The summed E-state index contributed by atoms with van der Waals surface area (Å²) >= 11 is 0. The average Bonchev–Trinajstić information content (AvgIpc) is 2.87. The van der Waals surface area contributed by atoms with Crippen molar-refractivity contribution >= 4 is 6.09 Å². The van der Waals surface area contributed by atoms with E-state index >= 15 is 0 Å². The van der Waals surface area contributed by atoms with E-state index in [0.29, 0.717) is 42.6 Å². The monoisotopic (exact) mass is 502 g/mol. The maximum atomic E-state index is 13.5. The average molecular weight is 503 g/mol. The van der Waals surface area contributed by atoms with Crippen LogP contribution in [0.15, 0.2) is 66.9 Å². The number of amides is 1. The van der Waals surface area contributed by atoms with Gasteiger partial charge in [-0.15, -0.1) is 0 Å². The number of carbonyl (C=O) groups excluding carboxylic acids is 1. The van der Waals surface area contributed by atoms with Crippen molar-refractivity contribution in [3.05, 3.63) is 89.4 Å². The molecule has 0 aliphatic carbocycles. The van der Waals surface area contributed by atoms with E-state index in [0.717, 1.165) is 17.8 Å². The standard InChI is InChI=1S/C27H26F4N2O3/c1-18(19-3-5-20(6-4-19)24-12-9-22(17-32-24)27(29,30)31)33-15-14-26(13-2-16-34,36-25(33)35)21-7-10-23(28)11-8-21/h3-12,17-18,34H,2,13-16H2,1H3/t18-,26+/m0/s1. The van der Waals surface area contributed by atoms with E-state index in [-0.39, 0.29) is 18.5 Å². The van der Waals surface area contributed by atoms with Gasteiger partial charge in [0.1, 0.15) is 11.4 Å². The molecular formula is C27H26F4N2O3. The Labute approximate surface area is 206 Å². The molecule has 2 atom stereocenters. The third-order valence-corrected chi connectivity index (χ3v) is 6.63. The van der Waals surface area contributed by atoms with Crippen molar-refractivity contribution in [1.29, 1.82) is 0 Å². The molecule has 5 nitrogen and oxygen atoms in total. The molecule has 0 spiro atoms.